The number of aromatic nitrogens is 3. The summed E-state index contributed by atoms with van der Waals surface area (Å²) in [5.41, 5.74) is 2.66. The summed E-state index contributed by atoms with van der Waals surface area (Å²) in [6, 6.07) is 0. The molecule has 0 spiro atoms. The predicted molar refractivity (Wildman–Crippen MR) is 85.1 cm³/mol. The highest BCUT2D eigenvalue weighted by Gasteiger charge is 2.19. The van der Waals surface area contributed by atoms with Crippen LogP contribution in [0.4, 0.5) is 0 Å². The largest absolute Gasteiger partial charge is 0.350 e. The number of hydrogen-bond acceptors (Lipinski definition) is 5. The highest BCUT2D eigenvalue weighted by atomic mass is 32.2. The van der Waals surface area contributed by atoms with Crippen molar-refractivity contribution in [2.45, 2.75) is 37.8 Å². The van der Waals surface area contributed by atoms with Crippen LogP contribution in [0.5, 0.6) is 0 Å². The number of thioether (sulfide) groups is 1. The van der Waals surface area contributed by atoms with Crippen molar-refractivity contribution in [3.05, 3.63) is 27.2 Å². The number of aromatic amines is 1. The number of nitrogens with one attached hydrogen (secondary N) is 2. The van der Waals surface area contributed by atoms with E-state index in [-0.39, 0.29) is 5.91 Å². The van der Waals surface area contributed by atoms with Crippen LogP contribution in [0, 0.1) is 6.92 Å². The van der Waals surface area contributed by atoms with Gasteiger partial charge in [-0.25, -0.2) is 4.98 Å². The first-order valence-electron chi connectivity index (χ1n) is 7.13. The number of hydrogen-bond donors (Lipinski definition) is 2. The summed E-state index contributed by atoms with van der Waals surface area (Å²) in [4.78, 5) is 17.4. The molecule has 112 valence electrons. The molecule has 21 heavy (non-hydrogen) atoms. The average molecular weight is 322 g/mol. The monoisotopic (exact) mass is 322 g/mol. The maximum atomic E-state index is 12.2. The van der Waals surface area contributed by atoms with E-state index in [9.17, 15) is 4.79 Å². The molecule has 0 saturated heterocycles. The number of carbonyl (C=O) groups excluding carboxylic acids is 1. The summed E-state index contributed by atoms with van der Waals surface area (Å²) in [6.45, 7) is 2.50. The van der Waals surface area contributed by atoms with E-state index in [1.54, 1.807) is 23.1 Å². The zero-order chi connectivity index (χ0) is 14.7. The molecule has 0 fully saturated rings. The van der Waals surface area contributed by atoms with Crippen LogP contribution in [-0.4, -0.2) is 33.4 Å². The van der Waals surface area contributed by atoms with Gasteiger partial charge in [0.15, 0.2) is 0 Å². The molecule has 5 nitrogen and oxygen atoms in total. The zero-order valence-electron chi connectivity index (χ0n) is 11.9. The topological polar surface area (TPSA) is 70.7 Å². The minimum Gasteiger partial charge on any atom is -0.350 e. The molecule has 1 aliphatic rings. The molecular formula is C14H18N4OS2. The summed E-state index contributed by atoms with van der Waals surface area (Å²) in [7, 11) is 0. The van der Waals surface area contributed by atoms with E-state index in [2.05, 4.69) is 25.9 Å². The van der Waals surface area contributed by atoms with E-state index >= 15 is 0 Å². The first-order valence-corrected chi connectivity index (χ1v) is 9.00. The minimum absolute atomic E-state index is 0.0647. The Balaban J connectivity index is 1.49. The maximum Gasteiger partial charge on any atom is 0.261 e. The van der Waals surface area contributed by atoms with Crippen LogP contribution in [0.3, 0.4) is 0 Å². The van der Waals surface area contributed by atoms with Gasteiger partial charge in [0.1, 0.15) is 5.82 Å². The number of thiophene rings is 1. The fraction of sp³-hybridized carbons (Fsp3) is 0.500. The molecule has 0 aliphatic heterocycles. The summed E-state index contributed by atoms with van der Waals surface area (Å²) >= 11 is 3.13. The van der Waals surface area contributed by atoms with Crippen LogP contribution in [0.25, 0.3) is 0 Å². The van der Waals surface area contributed by atoms with Crippen molar-refractivity contribution in [2.75, 3.05) is 12.3 Å². The highest BCUT2D eigenvalue weighted by Crippen LogP contribution is 2.29. The number of amides is 1. The third-order valence-corrected chi connectivity index (χ3v) is 5.42. The molecule has 7 heteroatoms. The number of fused-ring (bicyclic) bond motifs is 1. The van der Waals surface area contributed by atoms with Gasteiger partial charge in [-0.1, -0.05) is 11.8 Å². The van der Waals surface area contributed by atoms with Crippen LogP contribution in [-0.2, 0) is 12.8 Å². The molecule has 0 unspecified atom stereocenters. The molecule has 0 bridgehead atoms. The van der Waals surface area contributed by atoms with E-state index < -0.39 is 0 Å². The van der Waals surface area contributed by atoms with Gasteiger partial charge in [-0.3, -0.25) is 9.89 Å². The van der Waals surface area contributed by atoms with Gasteiger partial charge in [0.25, 0.3) is 5.91 Å². The lowest BCUT2D eigenvalue weighted by atomic mass is 9.94. The number of aryl methyl sites for hydroxylation is 2. The van der Waals surface area contributed by atoms with E-state index in [4.69, 9.17) is 0 Å². The van der Waals surface area contributed by atoms with Crippen LogP contribution in [0.2, 0.25) is 0 Å². The molecule has 2 heterocycles. The molecule has 0 saturated carbocycles. The standard InChI is InChI=1S/C14H18N4OS2/c1-9-16-14(18-17-9)20-7-6-15-13(19)12-11-5-3-2-4-10(11)8-21-12/h8H,2-7H2,1H3,(H,15,19)(H,16,17,18). The number of rotatable bonds is 5. The fourth-order valence-corrected chi connectivity index (χ4v) is 4.26. The third-order valence-electron chi connectivity index (χ3n) is 3.51. The first kappa shape index (κ1) is 14.6. The Labute approximate surface area is 131 Å². The number of H-pyrrole nitrogens is 1. The van der Waals surface area contributed by atoms with Crippen molar-refractivity contribution < 1.29 is 4.79 Å². The van der Waals surface area contributed by atoms with Crippen molar-refractivity contribution in [3.8, 4) is 0 Å². The molecule has 0 aromatic carbocycles. The van der Waals surface area contributed by atoms with Gasteiger partial charge in [-0.2, -0.15) is 0 Å². The molecule has 2 aromatic rings. The van der Waals surface area contributed by atoms with E-state index in [1.807, 2.05) is 6.92 Å². The zero-order valence-corrected chi connectivity index (χ0v) is 13.6. The smallest absolute Gasteiger partial charge is 0.261 e. The molecule has 2 aromatic heterocycles. The molecular weight excluding hydrogens is 304 g/mol. The Morgan fingerprint density at radius 1 is 1.48 bits per heavy atom. The fourth-order valence-electron chi connectivity index (χ4n) is 2.48. The lowest BCUT2D eigenvalue weighted by Gasteiger charge is -2.12. The van der Waals surface area contributed by atoms with Gasteiger partial charge in [0.05, 0.1) is 4.88 Å². The lowest BCUT2D eigenvalue weighted by Crippen LogP contribution is -2.26. The second-order valence-electron chi connectivity index (χ2n) is 5.08. The van der Waals surface area contributed by atoms with Crippen molar-refractivity contribution >= 4 is 29.0 Å². The van der Waals surface area contributed by atoms with Crippen molar-refractivity contribution in [1.82, 2.24) is 20.5 Å². The normalized spacial score (nSPS) is 14.0. The van der Waals surface area contributed by atoms with Crippen LogP contribution < -0.4 is 5.32 Å². The van der Waals surface area contributed by atoms with Gasteiger partial charge >= 0.3 is 0 Å². The number of nitrogens with zero attached hydrogens (tertiary/aromatic N) is 2. The predicted octanol–water partition coefficient (Wildman–Crippen LogP) is 2.58. The SMILES string of the molecule is Cc1nc(SCCNC(=O)c2scc3c2CCCC3)n[nH]1. The van der Waals surface area contributed by atoms with Crippen LogP contribution >= 0.6 is 23.1 Å². The van der Waals surface area contributed by atoms with Crippen molar-refractivity contribution in [2.24, 2.45) is 0 Å². The lowest BCUT2D eigenvalue weighted by molar-refractivity contribution is 0.0959. The minimum atomic E-state index is 0.0647. The Bertz CT molecular complexity index is 635. The van der Waals surface area contributed by atoms with Crippen LogP contribution in [0.1, 0.15) is 39.5 Å². The van der Waals surface area contributed by atoms with Gasteiger partial charge in [0.2, 0.25) is 5.16 Å². The molecule has 2 N–H and O–H groups in total. The Hall–Kier alpha value is -1.34. The first-order chi connectivity index (χ1) is 10.2. The summed E-state index contributed by atoms with van der Waals surface area (Å²) in [6.07, 6.45) is 4.62. The van der Waals surface area contributed by atoms with Crippen molar-refractivity contribution in [1.29, 1.82) is 0 Å². The Kier molecular flexibility index (Phi) is 4.60. The Morgan fingerprint density at radius 2 is 2.33 bits per heavy atom. The Morgan fingerprint density at radius 3 is 3.14 bits per heavy atom. The molecule has 0 radical (unpaired) electrons. The summed E-state index contributed by atoms with van der Waals surface area (Å²) in [5.74, 6) is 1.65. The maximum absolute atomic E-state index is 12.2. The van der Waals surface area contributed by atoms with Gasteiger partial charge < -0.3 is 5.32 Å². The molecule has 1 amide bonds. The van der Waals surface area contributed by atoms with Crippen molar-refractivity contribution in [3.63, 3.8) is 0 Å². The third kappa shape index (κ3) is 3.47. The number of carbonyl (C=O) groups is 1. The molecule has 3 rings (SSSR count). The molecule has 1 aliphatic carbocycles. The second kappa shape index (κ2) is 6.62. The second-order valence-corrected chi connectivity index (χ2v) is 7.03. The van der Waals surface area contributed by atoms with Gasteiger partial charge in [-0.15, -0.1) is 16.4 Å². The quantitative estimate of drug-likeness (QED) is 0.655. The van der Waals surface area contributed by atoms with E-state index in [1.165, 1.54) is 24.0 Å². The highest BCUT2D eigenvalue weighted by molar-refractivity contribution is 7.99. The van der Waals surface area contributed by atoms with Crippen LogP contribution in [0.15, 0.2) is 10.5 Å². The average Bonchev–Trinajstić information content (AvgIpc) is 3.09. The van der Waals surface area contributed by atoms with Gasteiger partial charge in [-0.05, 0) is 49.1 Å². The van der Waals surface area contributed by atoms with E-state index in [0.717, 1.165) is 34.5 Å². The van der Waals surface area contributed by atoms with E-state index in [0.29, 0.717) is 6.54 Å². The molecule has 0 atom stereocenters. The summed E-state index contributed by atoms with van der Waals surface area (Å²) < 4.78 is 0. The van der Waals surface area contributed by atoms with Gasteiger partial charge in [0, 0.05) is 12.3 Å². The summed E-state index contributed by atoms with van der Waals surface area (Å²) in [5, 5.41) is 12.7.